The molecule has 19 heavy (non-hydrogen) atoms. The van der Waals surface area contributed by atoms with Crippen molar-refractivity contribution in [1.29, 1.82) is 0 Å². The van der Waals surface area contributed by atoms with Crippen LogP contribution in [0.4, 0.5) is 5.82 Å². The third kappa shape index (κ3) is 2.63. The Balaban J connectivity index is 2.37. The summed E-state index contributed by atoms with van der Waals surface area (Å²) >= 11 is 0. The van der Waals surface area contributed by atoms with Crippen LogP contribution >= 0.6 is 0 Å². The van der Waals surface area contributed by atoms with E-state index in [9.17, 15) is 0 Å². The van der Waals surface area contributed by atoms with Crippen LogP contribution in [0.15, 0.2) is 17.4 Å². The number of amidine groups is 1. The highest BCUT2D eigenvalue weighted by Gasteiger charge is 2.25. The molecule has 6 nitrogen and oxygen atoms in total. The number of aryl methyl sites for hydroxylation is 1. The fraction of sp³-hybridized carbons (Fsp3) is 0.538. The molecule has 6 heteroatoms. The Morgan fingerprint density at radius 1 is 1.53 bits per heavy atom. The van der Waals surface area contributed by atoms with Crippen molar-refractivity contribution in [2.75, 3.05) is 31.6 Å². The van der Waals surface area contributed by atoms with Gasteiger partial charge in [0.05, 0.1) is 5.56 Å². The van der Waals surface area contributed by atoms with Gasteiger partial charge < -0.3 is 20.7 Å². The van der Waals surface area contributed by atoms with E-state index in [-0.39, 0.29) is 5.84 Å². The molecule has 1 fully saturated rings. The lowest BCUT2D eigenvalue weighted by Crippen LogP contribution is -2.50. The van der Waals surface area contributed by atoms with E-state index in [1.54, 1.807) is 6.20 Å². The molecule has 1 aromatic rings. The first-order valence-corrected chi connectivity index (χ1v) is 6.43. The van der Waals surface area contributed by atoms with Gasteiger partial charge in [0.2, 0.25) is 0 Å². The molecule has 0 spiro atoms. The Morgan fingerprint density at radius 3 is 2.89 bits per heavy atom. The van der Waals surface area contributed by atoms with Crippen molar-refractivity contribution in [3.63, 3.8) is 0 Å². The normalized spacial score (nSPS) is 21.7. The number of anilines is 1. The fourth-order valence-corrected chi connectivity index (χ4v) is 2.39. The van der Waals surface area contributed by atoms with Crippen LogP contribution in [-0.2, 0) is 0 Å². The molecule has 1 aromatic heterocycles. The lowest BCUT2D eigenvalue weighted by atomic mass is 10.1. The van der Waals surface area contributed by atoms with Crippen LogP contribution in [0.25, 0.3) is 0 Å². The maximum Gasteiger partial charge on any atom is 0.174 e. The number of rotatable bonds is 2. The smallest absolute Gasteiger partial charge is 0.174 e. The fourth-order valence-electron chi connectivity index (χ4n) is 2.39. The molecule has 2 heterocycles. The van der Waals surface area contributed by atoms with Gasteiger partial charge in [-0.3, -0.25) is 0 Å². The Kier molecular flexibility index (Phi) is 3.90. The molecule has 0 bridgehead atoms. The van der Waals surface area contributed by atoms with Gasteiger partial charge in [0.15, 0.2) is 5.84 Å². The second-order valence-corrected chi connectivity index (χ2v) is 5.09. The number of aromatic nitrogens is 1. The predicted molar refractivity (Wildman–Crippen MR) is 75.8 cm³/mol. The van der Waals surface area contributed by atoms with Crippen LogP contribution in [0, 0.1) is 6.92 Å². The van der Waals surface area contributed by atoms with E-state index in [0.717, 1.165) is 36.6 Å². The van der Waals surface area contributed by atoms with Crippen LogP contribution in [0.1, 0.15) is 18.1 Å². The first-order valence-electron chi connectivity index (χ1n) is 6.43. The summed E-state index contributed by atoms with van der Waals surface area (Å²) in [5.74, 6) is 0.919. The van der Waals surface area contributed by atoms with Crippen molar-refractivity contribution in [3.05, 3.63) is 23.4 Å². The quantitative estimate of drug-likeness (QED) is 0.354. The summed E-state index contributed by atoms with van der Waals surface area (Å²) in [5.41, 5.74) is 7.48. The summed E-state index contributed by atoms with van der Waals surface area (Å²) in [5, 5.41) is 12.1. The largest absolute Gasteiger partial charge is 0.409 e. The van der Waals surface area contributed by atoms with Crippen molar-refractivity contribution < 1.29 is 5.21 Å². The number of nitrogens with two attached hydrogens (primary N) is 1. The maximum atomic E-state index is 8.94. The summed E-state index contributed by atoms with van der Waals surface area (Å²) in [6.07, 6.45) is 1.77. The van der Waals surface area contributed by atoms with E-state index < -0.39 is 0 Å². The van der Waals surface area contributed by atoms with Gasteiger partial charge in [0.25, 0.3) is 0 Å². The third-order valence-corrected chi connectivity index (χ3v) is 3.76. The van der Waals surface area contributed by atoms with Gasteiger partial charge >= 0.3 is 0 Å². The van der Waals surface area contributed by atoms with Crippen LogP contribution in [0.5, 0.6) is 0 Å². The molecule has 2 rings (SSSR count). The molecule has 1 aliphatic rings. The molecule has 0 radical (unpaired) electrons. The average molecular weight is 263 g/mol. The number of oxime groups is 1. The lowest BCUT2D eigenvalue weighted by Gasteiger charge is -2.39. The summed E-state index contributed by atoms with van der Waals surface area (Å²) in [7, 11) is 2.12. The SMILES string of the molecule is Cc1ccnc(N2CCN(C)C(C)C2)c1/C(N)=N/O. The molecule has 1 atom stereocenters. The molecule has 0 amide bonds. The lowest BCUT2D eigenvalue weighted by molar-refractivity contribution is 0.233. The minimum absolute atomic E-state index is 0.118. The second-order valence-electron chi connectivity index (χ2n) is 5.09. The molecule has 3 N–H and O–H groups in total. The molecule has 0 aliphatic carbocycles. The minimum atomic E-state index is 0.118. The summed E-state index contributed by atoms with van der Waals surface area (Å²) in [6.45, 7) is 6.89. The van der Waals surface area contributed by atoms with Crippen molar-refractivity contribution in [2.24, 2.45) is 10.9 Å². The zero-order chi connectivity index (χ0) is 14.0. The van der Waals surface area contributed by atoms with E-state index in [0.29, 0.717) is 6.04 Å². The highest BCUT2D eigenvalue weighted by atomic mass is 16.4. The van der Waals surface area contributed by atoms with Gasteiger partial charge in [0.1, 0.15) is 5.82 Å². The van der Waals surface area contributed by atoms with Crippen molar-refractivity contribution in [2.45, 2.75) is 19.9 Å². The minimum Gasteiger partial charge on any atom is -0.409 e. The number of hydrogen-bond donors (Lipinski definition) is 2. The van der Waals surface area contributed by atoms with Gasteiger partial charge in [-0.15, -0.1) is 0 Å². The molecule has 1 aliphatic heterocycles. The van der Waals surface area contributed by atoms with Crippen LogP contribution in [-0.4, -0.2) is 53.7 Å². The van der Waals surface area contributed by atoms with Gasteiger partial charge in [0, 0.05) is 31.9 Å². The number of hydrogen-bond acceptors (Lipinski definition) is 5. The monoisotopic (exact) mass is 263 g/mol. The molecule has 0 aromatic carbocycles. The highest BCUT2D eigenvalue weighted by molar-refractivity contribution is 6.02. The average Bonchev–Trinajstić information content (AvgIpc) is 2.41. The van der Waals surface area contributed by atoms with E-state index in [2.05, 4.69) is 33.9 Å². The molecule has 104 valence electrons. The molecule has 1 saturated heterocycles. The van der Waals surface area contributed by atoms with Gasteiger partial charge in [-0.25, -0.2) is 4.98 Å². The Bertz CT molecular complexity index is 488. The molecular formula is C13H21N5O. The Hall–Kier alpha value is -1.82. The van der Waals surface area contributed by atoms with Gasteiger partial charge in [-0.1, -0.05) is 5.16 Å². The van der Waals surface area contributed by atoms with Crippen LogP contribution in [0.2, 0.25) is 0 Å². The van der Waals surface area contributed by atoms with Crippen molar-refractivity contribution >= 4 is 11.7 Å². The highest BCUT2D eigenvalue weighted by Crippen LogP contribution is 2.23. The van der Waals surface area contributed by atoms with Gasteiger partial charge in [-0.2, -0.15) is 0 Å². The van der Waals surface area contributed by atoms with Crippen LogP contribution in [0.3, 0.4) is 0 Å². The zero-order valence-electron chi connectivity index (χ0n) is 11.7. The van der Waals surface area contributed by atoms with E-state index in [4.69, 9.17) is 10.9 Å². The zero-order valence-corrected chi connectivity index (χ0v) is 11.7. The standard InChI is InChI=1S/C13H21N5O/c1-9-4-5-15-13(11(9)12(14)16-19)18-7-6-17(3)10(2)8-18/h4-5,10,19H,6-8H2,1-3H3,(H2,14,16). The first kappa shape index (κ1) is 13.6. The first-order chi connectivity index (χ1) is 9.04. The number of nitrogens with zero attached hydrogens (tertiary/aromatic N) is 4. The second kappa shape index (κ2) is 5.44. The number of pyridine rings is 1. The summed E-state index contributed by atoms with van der Waals surface area (Å²) < 4.78 is 0. The molecule has 0 saturated carbocycles. The summed E-state index contributed by atoms with van der Waals surface area (Å²) in [6, 6.07) is 2.33. The number of likely N-dealkylation sites (N-methyl/N-ethyl adjacent to an activating group) is 1. The van der Waals surface area contributed by atoms with E-state index in [1.807, 2.05) is 13.0 Å². The van der Waals surface area contributed by atoms with Gasteiger partial charge in [-0.05, 0) is 32.5 Å². The maximum absolute atomic E-state index is 8.94. The van der Waals surface area contributed by atoms with E-state index in [1.165, 1.54) is 0 Å². The third-order valence-electron chi connectivity index (χ3n) is 3.76. The topological polar surface area (TPSA) is 78.0 Å². The number of piperazine rings is 1. The Morgan fingerprint density at radius 2 is 2.26 bits per heavy atom. The molecule has 1 unspecified atom stereocenters. The molecular weight excluding hydrogens is 242 g/mol. The Labute approximate surface area is 113 Å². The van der Waals surface area contributed by atoms with Crippen LogP contribution < -0.4 is 10.6 Å². The summed E-state index contributed by atoms with van der Waals surface area (Å²) in [4.78, 5) is 8.94. The predicted octanol–water partition coefficient (Wildman–Crippen LogP) is 0.625. The van der Waals surface area contributed by atoms with Crippen molar-refractivity contribution in [1.82, 2.24) is 9.88 Å². The van der Waals surface area contributed by atoms with E-state index >= 15 is 0 Å². The van der Waals surface area contributed by atoms with Crippen molar-refractivity contribution in [3.8, 4) is 0 Å².